The van der Waals surface area contributed by atoms with Crippen LogP contribution in [0.4, 0.5) is 15.8 Å². The first-order valence-electron chi connectivity index (χ1n) is 12.2. The minimum atomic E-state index is -0.407. The van der Waals surface area contributed by atoms with E-state index in [1.165, 1.54) is 25.3 Å². The molecule has 1 heterocycles. The highest BCUT2D eigenvalue weighted by molar-refractivity contribution is 5.91. The quantitative estimate of drug-likeness (QED) is 0.566. The van der Waals surface area contributed by atoms with Crippen molar-refractivity contribution in [1.29, 1.82) is 0 Å². The number of hydrogen-bond acceptors (Lipinski definition) is 4. The maximum atomic E-state index is 14.4. The van der Waals surface area contributed by atoms with Gasteiger partial charge in [-0.15, -0.1) is 0 Å². The summed E-state index contributed by atoms with van der Waals surface area (Å²) >= 11 is 0. The zero-order chi connectivity index (χ0) is 22.1. The number of carbonyl (C=O) groups excluding carboxylic acids is 2. The molecular formula is C25H34FN3O3. The summed E-state index contributed by atoms with van der Waals surface area (Å²) < 4.78 is 19.9. The largest absolute Gasteiger partial charge is 0.380 e. The smallest absolute Gasteiger partial charge is 0.226 e. The highest BCUT2D eigenvalue weighted by Crippen LogP contribution is 2.60. The first kappa shape index (κ1) is 21.7. The fourth-order valence-corrected chi connectivity index (χ4v) is 6.85. The fraction of sp³-hybridized carbons (Fsp3) is 0.680. The second kappa shape index (κ2) is 9.00. The van der Waals surface area contributed by atoms with E-state index in [9.17, 15) is 14.0 Å². The molecule has 1 aromatic carbocycles. The van der Waals surface area contributed by atoms with Gasteiger partial charge in [-0.05, 0) is 87.3 Å². The van der Waals surface area contributed by atoms with Gasteiger partial charge in [-0.1, -0.05) is 0 Å². The third-order valence-electron chi connectivity index (χ3n) is 7.95. The number of halogens is 1. The Balaban J connectivity index is 1.07. The number of carbonyl (C=O) groups is 2. The summed E-state index contributed by atoms with van der Waals surface area (Å²) in [5.41, 5.74) is 0.629. The fourth-order valence-electron chi connectivity index (χ4n) is 6.85. The number of nitrogens with one attached hydrogen (secondary N) is 3. The Kier molecular flexibility index (Phi) is 6.10. The average molecular weight is 444 g/mol. The summed E-state index contributed by atoms with van der Waals surface area (Å²) in [6, 6.07) is 4.64. The summed E-state index contributed by atoms with van der Waals surface area (Å²) in [6.45, 7) is 1.66. The van der Waals surface area contributed by atoms with Crippen molar-refractivity contribution in [3.63, 3.8) is 0 Å². The van der Waals surface area contributed by atoms with Crippen molar-refractivity contribution >= 4 is 23.2 Å². The topological polar surface area (TPSA) is 79.5 Å². The number of ether oxygens (including phenoxy) is 1. The molecule has 4 saturated carbocycles. The molecule has 1 aliphatic heterocycles. The van der Waals surface area contributed by atoms with E-state index in [1.54, 1.807) is 12.1 Å². The molecule has 3 N–H and O–H groups in total. The van der Waals surface area contributed by atoms with Gasteiger partial charge in [-0.2, -0.15) is 0 Å². The Morgan fingerprint density at radius 1 is 1.09 bits per heavy atom. The minimum Gasteiger partial charge on any atom is -0.380 e. The maximum absolute atomic E-state index is 14.4. The molecule has 0 radical (unpaired) electrons. The Morgan fingerprint density at radius 3 is 2.44 bits per heavy atom. The standard InChI is InChI=1S/C25H34FN3O3/c26-21-11-19(3-4-22(21)28-15-20-2-1-7-32-20)29-23(30)5-6-27-24(31)25-12-16-8-17(13-25)10-18(9-16)14-25/h3-4,11,16-18,20,28H,1-2,5-10,12-15H2,(H,27,31)(H,29,30). The van der Waals surface area contributed by atoms with Crippen molar-refractivity contribution in [1.82, 2.24) is 5.32 Å². The SMILES string of the molecule is O=C(CCNC(=O)C12CC3CC(CC(C3)C1)C2)Nc1ccc(NCC2CCCO2)c(F)c1. The van der Waals surface area contributed by atoms with E-state index < -0.39 is 5.82 Å². The molecule has 0 aromatic heterocycles. The molecule has 2 amide bonds. The number of amides is 2. The van der Waals surface area contributed by atoms with Crippen LogP contribution in [0.25, 0.3) is 0 Å². The van der Waals surface area contributed by atoms with Crippen LogP contribution in [0, 0.1) is 29.0 Å². The summed E-state index contributed by atoms with van der Waals surface area (Å²) in [5, 5.41) is 8.83. The van der Waals surface area contributed by atoms with E-state index in [4.69, 9.17) is 4.74 Å². The predicted molar refractivity (Wildman–Crippen MR) is 121 cm³/mol. The van der Waals surface area contributed by atoms with Crippen LogP contribution in [0.1, 0.15) is 57.8 Å². The van der Waals surface area contributed by atoms with E-state index in [0.29, 0.717) is 42.2 Å². The van der Waals surface area contributed by atoms with Crippen LogP contribution < -0.4 is 16.0 Å². The van der Waals surface area contributed by atoms with Crippen LogP contribution in [-0.4, -0.2) is 37.6 Å². The first-order chi connectivity index (χ1) is 15.5. The molecule has 5 fully saturated rings. The van der Waals surface area contributed by atoms with E-state index >= 15 is 0 Å². The molecule has 6 nitrogen and oxygen atoms in total. The van der Waals surface area contributed by atoms with Crippen molar-refractivity contribution in [2.24, 2.45) is 23.2 Å². The number of rotatable bonds is 8. The summed E-state index contributed by atoms with van der Waals surface area (Å²) in [5.74, 6) is 1.65. The van der Waals surface area contributed by atoms with Crippen LogP contribution in [0.15, 0.2) is 18.2 Å². The van der Waals surface area contributed by atoms with Crippen molar-refractivity contribution < 1.29 is 18.7 Å². The van der Waals surface area contributed by atoms with Crippen molar-refractivity contribution in [2.45, 2.75) is 63.9 Å². The van der Waals surface area contributed by atoms with Crippen LogP contribution in [0.3, 0.4) is 0 Å². The van der Waals surface area contributed by atoms with Gasteiger partial charge in [0.1, 0.15) is 5.82 Å². The molecular weight excluding hydrogens is 409 g/mol. The maximum Gasteiger partial charge on any atom is 0.226 e. The zero-order valence-corrected chi connectivity index (χ0v) is 18.6. The van der Waals surface area contributed by atoms with Gasteiger partial charge in [0.25, 0.3) is 0 Å². The minimum absolute atomic E-state index is 0.127. The van der Waals surface area contributed by atoms with E-state index in [2.05, 4.69) is 16.0 Å². The lowest BCUT2D eigenvalue weighted by Gasteiger charge is -2.55. The molecule has 1 atom stereocenters. The monoisotopic (exact) mass is 443 g/mol. The average Bonchev–Trinajstić information content (AvgIpc) is 3.26. The van der Waals surface area contributed by atoms with Gasteiger partial charge in [0.15, 0.2) is 0 Å². The number of benzene rings is 1. The van der Waals surface area contributed by atoms with Gasteiger partial charge in [0, 0.05) is 37.2 Å². The molecule has 174 valence electrons. The molecule has 1 saturated heterocycles. The molecule has 32 heavy (non-hydrogen) atoms. The first-order valence-corrected chi connectivity index (χ1v) is 12.2. The van der Waals surface area contributed by atoms with Crippen LogP contribution >= 0.6 is 0 Å². The second-order valence-corrected chi connectivity index (χ2v) is 10.5. The van der Waals surface area contributed by atoms with Gasteiger partial charge < -0.3 is 20.7 Å². The predicted octanol–water partition coefficient (Wildman–Crippen LogP) is 4.08. The third kappa shape index (κ3) is 4.63. The van der Waals surface area contributed by atoms with Gasteiger partial charge >= 0.3 is 0 Å². The van der Waals surface area contributed by atoms with Crippen LogP contribution in [-0.2, 0) is 14.3 Å². The molecule has 6 rings (SSSR count). The van der Waals surface area contributed by atoms with Gasteiger partial charge in [0.05, 0.1) is 11.8 Å². The highest BCUT2D eigenvalue weighted by atomic mass is 19.1. The highest BCUT2D eigenvalue weighted by Gasteiger charge is 2.54. The molecule has 0 spiro atoms. The normalized spacial score (nSPS) is 32.7. The second-order valence-electron chi connectivity index (χ2n) is 10.5. The van der Waals surface area contributed by atoms with Gasteiger partial charge in [0.2, 0.25) is 11.8 Å². The Morgan fingerprint density at radius 2 is 1.81 bits per heavy atom. The van der Waals surface area contributed by atoms with Crippen molar-refractivity contribution in [2.75, 3.05) is 30.3 Å². The van der Waals surface area contributed by atoms with Crippen LogP contribution in [0.5, 0.6) is 0 Å². The Labute approximate surface area is 189 Å². The Hall–Kier alpha value is -2.15. The summed E-state index contributed by atoms with van der Waals surface area (Å²) in [4.78, 5) is 25.3. The lowest BCUT2D eigenvalue weighted by atomic mass is 9.49. The van der Waals surface area contributed by atoms with E-state index in [0.717, 1.165) is 38.7 Å². The molecule has 1 unspecified atom stereocenters. The molecule has 5 aliphatic rings. The van der Waals surface area contributed by atoms with Crippen molar-refractivity contribution in [3.05, 3.63) is 24.0 Å². The van der Waals surface area contributed by atoms with Gasteiger partial charge in [-0.25, -0.2) is 4.39 Å². The lowest BCUT2D eigenvalue weighted by Crippen LogP contribution is -2.53. The zero-order valence-electron chi connectivity index (χ0n) is 18.6. The van der Waals surface area contributed by atoms with Crippen LogP contribution in [0.2, 0.25) is 0 Å². The van der Waals surface area contributed by atoms with Gasteiger partial charge in [-0.3, -0.25) is 9.59 Å². The molecule has 7 heteroatoms. The third-order valence-corrected chi connectivity index (χ3v) is 7.95. The molecule has 1 aromatic rings. The number of hydrogen-bond donors (Lipinski definition) is 3. The molecule has 4 bridgehead atoms. The van der Waals surface area contributed by atoms with E-state index in [-0.39, 0.29) is 29.8 Å². The Bertz CT molecular complexity index is 833. The van der Waals surface area contributed by atoms with E-state index in [1.807, 2.05) is 0 Å². The molecule has 4 aliphatic carbocycles. The van der Waals surface area contributed by atoms with Crippen molar-refractivity contribution in [3.8, 4) is 0 Å². The summed E-state index contributed by atoms with van der Waals surface area (Å²) in [7, 11) is 0. The summed E-state index contributed by atoms with van der Waals surface area (Å²) in [6.07, 6.45) is 9.29. The lowest BCUT2D eigenvalue weighted by molar-refractivity contribution is -0.146. The number of anilines is 2.